The van der Waals surface area contributed by atoms with Gasteiger partial charge in [0, 0.05) is 31.6 Å². The van der Waals surface area contributed by atoms with Crippen molar-refractivity contribution in [1.82, 2.24) is 15.5 Å². The molecule has 0 amide bonds. The van der Waals surface area contributed by atoms with Gasteiger partial charge in [0.25, 0.3) is 0 Å². The fourth-order valence-electron chi connectivity index (χ4n) is 4.07. The molecule has 1 aliphatic heterocycles. The van der Waals surface area contributed by atoms with E-state index >= 15 is 0 Å². The van der Waals surface area contributed by atoms with Crippen LogP contribution in [0.3, 0.4) is 0 Å². The fraction of sp³-hybridized carbons (Fsp3) is 0.423. The number of fused-ring (bicyclic) bond motifs is 1. The SMILES string of the molecule is CCNC(=NCc1ccc(CN2CCC(O)CC2)cc1)NC(C)c1cc2ccccc2o1.I. The molecule has 3 aromatic rings. The highest BCUT2D eigenvalue weighted by Gasteiger charge is 2.17. The lowest BCUT2D eigenvalue weighted by Gasteiger charge is -2.29. The van der Waals surface area contributed by atoms with Crippen LogP contribution in [0.1, 0.15) is 49.6 Å². The number of aliphatic hydroxyl groups is 1. The van der Waals surface area contributed by atoms with E-state index in [0.717, 1.165) is 61.7 Å². The van der Waals surface area contributed by atoms with Gasteiger partial charge in [0.2, 0.25) is 0 Å². The Morgan fingerprint density at radius 2 is 1.82 bits per heavy atom. The molecule has 1 aliphatic rings. The Hall–Kier alpha value is -2.10. The van der Waals surface area contributed by atoms with E-state index in [1.54, 1.807) is 0 Å². The Kier molecular flexibility index (Phi) is 9.58. The first-order chi connectivity index (χ1) is 15.6. The second-order valence-electron chi connectivity index (χ2n) is 8.57. The molecule has 3 N–H and O–H groups in total. The van der Waals surface area contributed by atoms with Gasteiger partial charge >= 0.3 is 0 Å². The first-order valence-electron chi connectivity index (χ1n) is 11.6. The van der Waals surface area contributed by atoms with Crippen LogP contribution in [0.5, 0.6) is 0 Å². The number of nitrogens with zero attached hydrogens (tertiary/aromatic N) is 2. The molecule has 1 aromatic heterocycles. The number of likely N-dealkylation sites (tertiary alicyclic amines) is 1. The number of halogens is 1. The van der Waals surface area contributed by atoms with Gasteiger partial charge in [-0.05, 0) is 49.9 Å². The third kappa shape index (κ3) is 7.19. The van der Waals surface area contributed by atoms with Crippen molar-refractivity contribution in [3.05, 3.63) is 71.5 Å². The van der Waals surface area contributed by atoms with Gasteiger partial charge in [-0.15, -0.1) is 24.0 Å². The van der Waals surface area contributed by atoms with Crippen molar-refractivity contribution < 1.29 is 9.52 Å². The molecule has 1 atom stereocenters. The van der Waals surface area contributed by atoms with Crippen molar-refractivity contribution in [2.75, 3.05) is 19.6 Å². The summed E-state index contributed by atoms with van der Waals surface area (Å²) in [5.41, 5.74) is 3.38. The predicted molar refractivity (Wildman–Crippen MR) is 145 cm³/mol. The van der Waals surface area contributed by atoms with Crippen LogP contribution in [0.15, 0.2) is 64.0 Å². The highest BCUT2D eigenvalue weighted by atomic mass is 127. The maximum Gasteiger partial charge on any atom is 0.192 e. The summed E-state index contributed by atoms with van der Waals surface area (Å²) in [7, 11) is 0. The van der Waals surface area contributed by atoms with Gasteiger partial charge in [0.05, 0.1) is 18.7 Å². The zero-order valence-electron chi connectivity index (χ0n) is 19.5. The maximum absolute atomic E-state index is 9.67. The number of guanidine groups is 1. The summed E-state index contributed by atoms with van der Waals surface area (Å²) in [5, 5.41) is 17.6. The minimum atomic E-state index is -0.124. The molecule has 0 spiro atoms. The lowest BCUT2D eigenvalue weighted by atomic mass is 10.1. The quantitative estimate of drug-likeness (QED) is 0.219. The summed E-state index contributed by atoms with van der Waals surface area (Å²) in [4.78, 5) is 7.18. The molecule has 1 unspecified atom stereocenters. The number of furan rings is 1. The number of benzene rings is 2. The van der Waals surface area contributed by atoms with E-state index in [4.69, 9.17) is 9.41 Å². The Labute approximate surface area is 213 Å². The van der Waals surface area contributed by atoms with E-state index in [0.29, 0.717) is 6.54 Å². The van der Waals surface area contributed by atoms with Crippen LogP contribution in [0, 0.1) is 0 Å². The lowest BCUT2D eigenvalue weighted by Crippen LogP contribution is -2.38. The number of piperidine rings is 1. The Balaban J connectivity index is 0.00000306. The van der Waals surface area contributed by atoms with Crippen LogP contribution in [-0.2, 0) is 13.1 Å². The third-order valence-corrected chi connectivity index (χ3v) is 5.97. The minimum absolute atomic E-state index is 0. The van der Waals surface area contributed by atoms with Crippen LogP contribution >= 0.6 is 24.0 Å². The molecule has 33 heavy (non-hydrogen) atoms. The molecular weight excluding hydrogens is 527 g/mol. The monoisotopic (exact) mass is 562 g/mol. The Morgan fingerprint density at radius 1 is 1.12 bits per heavy atom. The van der Waals surface area contributed by atoms with Crippen LogP contribution in [0.4, 0.5) is 0 Å². The number of rotatable bonds is 7. The highest BCUT2D eigenvalue weighted by Crippen LogP contribution is 2.23. The third-order valence-electron chi connectivity index (χ3n) is 5.97. The molecule has 0 aliphatic carbocycles. The van der Waals surface area contributed by atoms with Gasteiger partial charge in [-0.1, -0.05) is 42.5 Å². The summed E-state index contributed by atoms with van der Waals surface area (Å²) in [6.07, 6.45) is 1.62. The Morgan fingerprint density at radius 3 is 2.52 bits per heavy atom. The van der Waals surface area contributed by atoms with Gasteiger partial charge in [-0.3, -0.25) is 4.90 Å². The number of hydrogen-bond donors (Lipinski definition) is 3. The number of nitrogens with one attached hydrogen (secondary N) is 2. The van der Waals surface area contributed by atoms with Gasteiger partial charge < -0.3 is 20.2 Å². The molecule has 1 saturated heterocycles. The first-order valence-corrected chi connectivity index (χ1v) is 11.6. The molecule has 4 rings (SSSR count). The molecule has 0 radical (unpaired) electrons. The number of aliphatic imine (C=N–C) groups is 1. The number of hydrogen-bond acceptors (Lipinski definition) is 4. The van der Waals surface area contributed by atoms with Crippen molar-refractivity contribution in [2.24, 2.45) is 4.99 Å². The average Bonchev–Trinajstić information content (AvgIpc) is 3.25. The lowest BCUT2D eigenvalue weighted by molar-refractivity contribution is 0.0792. The molecule has 7 heteroatoms. The summed E-state index contributed by atoms with van der Waals surface area (Å²) in [6, 6.07) is 18.8. The Bertz CT molecular complexity index is 993. The number of aliphatic hydroxyl groups excluding tert-OH is 1. The molecule has 0 bridgehead atoms. The van der Waals surface area contributed by atoms with E-state index in [-0.39, 0.29) is 36.1 Å². The van der Waals surface area contributed by atoms with E-state index in [1.807, 2.05) is 18.2 Å². The van der Waals surface area contributed by atoms with Gasteiger partial charge in [0.1, 0.15) is 11.3 Å². The second-order valence-corrected chi connectivity index (χ2v) is 8.57. The zero-order valence-corrected chi connectivity index (χ0v) is 21.8. The minimum Gasteiger partial charge on any atom is -0.459 e. The average molecular weight is 562 g/mol. The van der Waals surface area contributed by atoms with E-state index in [1.165, 1.54) is 11.1 Å². The highest BCUT2D eigenvalue weighted by molar-refractivity contribution is 14.0. The van der Waals surface area contributed by atoms with Crippen LogP contribution in [0.2, 0.25) is 0 Å². The summed E-state index contributed by atoms with van der Waals surface area (Å²) in [6.45, 7) is 8.43. The number of para-hydroxylation sites is 1. The standard InChI is InChI=1S/C26H34N4O2.HI/c1-3-27-26(29-19(2)25-16-22-6-4-5-7-24(22)32-25)28-17-20-8-10-21(11-9-20)18-30-14-12-23(31)13-15-30;/h4-11,16,19,23,31H,3,12-15,17-18H2,1-2H3,(H2,27,28,29);1H. The van der Waals surface area contributed by atoms with Crippen LogP contribution < -0.4 is 10.6 Å². The van der Waals surface area contributed by atoms with Crippen molar-refractivity contribution in [3.8, 4) is 0 Å². The molecule has 6 nitrogen and oxygen atoms in total. The van der Waals surface area contributed by atoms with Gasteiger partial charge in [-0.2, -0.15) is 0 Å². The summed E-state index contributed by atoms with van der Waals surface area (Å²) >= 11 is 0. The molecular formula is C26H35IN4O2. The smallest absolute Gasteiger partial charge is 0.192 e. The van der Waals surface area contributed by atoms with Gasteiger partial charge in [0.15, 0.2) is 5.96 Å². The maximum atomic E-state index is 9.67. The first kappa shape index (κ1) is 25.5. The van der Waals surface area contributed by atoms with Gasteiger partial charge in [-0.25, -0.2) is 4.99 Å². The van der Waals surface area contributed by atoms with Crippen LogP contribution in [-0.4, -0.2) is 41.7 Å². The van der Waals surface area contributed by atoms with Crippen molar-refractivity contribution in [3.63, 3.8) is 0 Å². The molecule has 2 heterocycles. The van der Waals surface area contributed by atoms with Crippen molar-refractivity contribution in [2.45, 2.75) is 51.9 Å². The zero-order chi connectivity index (χ0) is 22.3. The molecule has 1 fully saturated rings. The summed E-state index contributed by atoms with van der Waals surface area (Å²) in [5.74, 6) is 1.67. The van der Waals surface area contributed by atoms with E-state index < -0.39 is 0 Å². The van der Waals surface area contributed by atoms with Crippen molar-refractivity contribution >= 4 is 40.9 Å². The molecule has 178 valence electrons. The molecule has 2 aromatic carbocycles. The van der Waals surface area contributed by atoms with E-state index in [9.17, 15) is 5.11 Å². The fourth-order valence-corrected chi connectivity index (χ4v) is 4.07. The predicted octanol–water partition coefficient (Wildman–Crippen LogP) is 4.82. The van der Waals surface area contributed by atoms with Crippen molar-refractivity contribution in [1.29, 1.82) is 0 Å². The molecule has 0 saturated carbocycles. The van der Waals surface area contributed by atoms with E-state index in [2.05, 4.69) is 65.8 Å². The summed E-state index contributed by atoms with van der Waals surface area (Å²) < 4.78 is 5.99. The topological polar surface area (TPSA) is 73.0 Å². The second kappa shape index (κ2) is 12.4. The van der Waals surface area contributed by atoms with Crippen LogP contribution in [0.25, 0.3) is 11.0 Å². The largest absolute Gasteiger partial charge is 0.459 e. The normalized spacial score (nSPS) is 16.4.